The third kappa shape index (κ3) is 7.38. The molecule has 0 heterocycles. The second-order valence-electron chi connectivity index (χ2n) is 3.98. The third-order valence-corrected chi connectivity index (χ3v) is 5.08. The number of hydrogen-bond donors (Lipinski definition) is 1. The Kier molecular flexibility index (Phi) is 11.6. The normalized spacial score (nSPS) is 13.3. The Morgan fingerprint density at radius 2 is 1.62 bits per heavy atom. The van der Waals surface area contributed by atoms with E-state index >= 15 is 0 Å². The summed E-state index contributed by atoms with van der Waals surface area (Å²) in [6.07, 6.45) is 4.83. The largest absolute Gasteiger partial charge is 0.396 e. The molecule has 0 aromatic heterocycles. The van der Waals surface area contributed by atoms with Gasteiger partial charge in [-0.2, -0.15) is 0 Å². The van der Waals surface area contributed by atoms with Crippen molar-refractivity contribution in [1.82, 2.24) is 5.32 Å². The molecule has 0 rings (SSSR count). The van der Waals surface area contributed by atoms with Crippen LogP contribution in [0, 0.1) is 0 Å². The summed E-state index contributed by atoms with van der Waals surface area (Å²) < 4.78 is 11.6. The lowest BCUT2D eigenvalue weighted by molar-refractivity contribution is 0.197. The van der Waals surface area contributed by atoms with Crippen molar-refractivity contribution in [2.24, 2.45) is 0 Å². The minimum absolute atomic E-state index is 0.469. The number of hydrogen-bond acceptors (Lipinski definition) is 3. The molecule has 0 amide bonds. The van der Waals surface area contributed by atoms with Crippen LogP contribution in [0.5, 0.6) is 0 Å². The lowest BCUT2D eigenvalue weighted by Crippen LogP contribution is -2.47. The molecule has 0 aromatic rings. The molecule has 1 unspecified atom stereocenters. The predicted octanol–water partition coefficient (Wildman–Crippen LogP) is 2.38. The summed E-state index contributed by atoms with van der Waals surface area (Å²) in [5.41, 5.74) is 0.469. The molecule has 0 bridgehead atoms. The van der Waals surface area contributed by atoms with Crippen molar-refractivity contribution in [3.05, 3.63) is 0 Å². The van der Waals surface area contributed by atoms with Gasteiger partial charge in [0.2, 0.25) is 0 Å². The molecule has 16 heavy (non-hydrogen) atoms. The monoisotopic (exact) mass is 247 g/mol. The van der Waals surface area contributed by atoms with Crippen molar-refractivity contribution < 1.29 is 8.85 Å². The van der Waals surface area contributed by atoms with Crippen LogP contribution < -0.4 is 5.32 Å². The van der Waals surface area contributed by atoms with E-state index in [-0.39, 0.29) is 0 Å². The van der Waals surface area contributed by atoms with Crippen LogP contribution in [0.15, 0.2) is 0 Å². The van der Waals surface area contributed by atoms with Crippen LogP contribution in [-0.2, 0) is 8.85 Å². The summed E-state index contributed by atoms with van der Waals surface area (Å²) in [6.45, 7) is 11.2. The molecular formula is C12H29NO2Si. The SMILES string of the molecule is CCCCNC(CCC)[SiH](OCC)OCC. The van der Waals surface area contributed by atoms with E-state index in [2.05, 4.69) is 19.2 Å². The van der Waals surface area contributed by atoms with Gasteiger partial charge in [-0.25, -0.2) is 0 Å². The Balaban J connectivity index is 4.08. The summed E-state index contributed by atoms with van der Waals surface area (Å²) in [5.74, 6) is 0. The molecule has 4 heteroatoms. The molecule has 0 aliphatic carbocycles. The molecule has 0 saturated carbocycles. The van der Waals surface area contributed by atoms with Gasteiger partial charge in [-0.1, -0.05) is 26.7 Å². The van der Waals surface area contributed by atoms with E-state index in [0.717, 1.165) is 19.8 Å². The van der Waals surface area contributed by atoms with Gasteiger partial charge in [0.25, 0.3) is 0 Å². The topological polar surface area (TPSA) is 30.5 Å². The van der Waals surface area contributed by atoms with Gasteiger partial charge >= 0.3 is 9.28 Å². The van der Waals surface area contributed by atoms with E-state index in [1.54, 1.807) is 0 Å². The van der Waals surface area contributed by atoms with Crippen LogP contribution in [-0.4, -0.2) is 34.7 Å². The minimum Gasteiger partial charge on any atom is -0.396 e. The van der Waals surface area contributed by atoms with E-state index in [1.165, 1.54) is 25.7 Å². The molecule has 3 nitrogen and oxygen atoms in total. The highest BCUT2D eigenvalue weighted by Crippen LogP contribution is 2.05. The summed E-state index contributed by atoms with van der Waals surface area (Å²) in [7, 11) is -1.52. The molecule has 0 aliphatic heterocycles. The first kappa shape index (κ1) is 16.1. The predicted molar refractivity (Wildman–Crippen MR) is 72.0 cm³/mol. The van der Waals surface area contributed by atoms with E-state index in [4.69, 9.17) is 8.85 Å². The average molecular weight is 247 g/mol. The second-order valence-corrected chi connectivity index (χ2v) is 6.19. The van der Waals surface area contributed by atoms with E-state index < -0.39 is 9.28 Å². The average Bonchev–Trinajstić information content (AvgIpc) is 2.28. The highest BCUT2D eigenvalue weighted by molar-refractivity contribution is 6.46. The molecule has 0 aliphatic rings. The highest BCUT2D eigenvalue weighted by Gasteiger charge is 2.24. The lowest BCUT2D eigenvalue weighted by atomic mass is 10.3. The molecule has 0 radical (unpaired) electrons. The van der Waals surface area contributed by atoms with E-state index in [1.807, 2.05) is 13.8 Å². The van der Waals surface area contributed by atoms with Crippen molar-refractivity contribution in [2.75, 3.05) is 19.8 Å². The first-order chi connectivity index (χ1) is 7.79. The zero-order chi connectivity index (χ0) is 12.2. The lowest BCUT2D eigenvalue weighted by Gasteiger charge is -2.25. The van der Waals surface area contributed by atoms with Crippen LogP contribution in [0.1, 0.15) is 53.4 Å². The van der Waals surface area contributed by atoms with Crippen LogP contribution in [0.25, 0.3) is 0 Å². The third-order valence-electron chi connectivity index (χ3n) is 2.53. The van der Waals surface area contributed by atoms with Crippen molar-refractivity contribution in [3.63, 3.8) is 0 Å². The van der Waals surface area contributed by atoms with Gasteiger partial charge in [-0.15, -0.1) is 0 Å². The maximum atomic E-state index is 5.78. The van der Waals surface area contributed by atoms with Crippen LogP contribution in [0.2, 0.25) is 0 Å². The van der Waals surface area contributed by atoms with Gasteiger partial charge < -0.3 is 14.2 Å². The number of unbranched alkanes of at least 4 members (excludes halogenated alkanes) is 1. The maximum Gasteiger partial charge on any atom is 0.338 e. The fourth-order valence-corrected chi connectivity index (χ4v) is 3.90. The molecule has 0 spiro atoms. The highest BCUT2D eigenvalue weighted by atomic mass is 28.3. The Hall–Kier alpha value is 0.0969. The Bertz CT molecular complexity index is 141. The fraction of sp³-hybridized carbons (Fsp3) is 1.00. The van der Waals surface area contributed by atoms with Crippen molar-refractivity contribution >= 4 is 9.28 Å². The second kappa shape index (κ2) is 11.6. The number of rotatable bonds is 11. The van der Waals surface area contributed by atoms with E-state index in [9.17, 15) is 0 Å². The maximum absolute atomic E-state index is 5.78. The van der Waals surface area contributed by atoms with Crippen LogP contribution >= 0.6 is 0 Å². The van der Waals surface area contributed by atoms with Crippen LogP contribution in [0.4, 0.5) is 0 Å². The smallest absolute Gasteiger partial charge is 0.338 e. The zero-order valence-corrected chi connectivity index (χ0v) is 12.6. The minimum atomic E-state index is -1.52. The Morgan fingerprint density at radius 3 is 2.06 bits per heavy atom. The van der Waals surface area contributed by atoms with Gasteiger partial charge in [0.1, 0.15) is 0 Å². The summed E-state index contributed by atoms with van der Waals surface area (Å²) in [6, 6.07) is 0. The van der Waals surface area contributed by atoms with Gasteiger partial charge in [0, 0.05) is 18.9 Å². The molecule has 98 valence electrons. The quantitative estimate of drug-likeness (QED) is 0.449. The van der Waals surface area contributed by atoms with Gasteiger partial charge in [-0.05, 0) is 33.2 Å². The molecule has 0 saturated heterocycles. The molecule has 1 N–H and O–H groups in total. The number of nitrogens with one attached hydrogen (secondary N) is 1. The molecule has 1 atom stereocenters. The van der Waals surface area contributed by atoms with E-state index in [0.29, 0.717) is 5.67 Å². The molecule has 0 aromatic carbocycles. The van der Waals surface area contributed by atoms with Gasteiger partial charge in [0.05, 0.1) is 0 Å². The van der Waals surface area contributed by atoms with Crippen molar-refractivity contribution in [2.45, 2.75) is 59.0 Å². The molecule has 0 fully saturated rings. The standard InChI is InChI=1S/C12H29NO2Si/c1-5-9-11-13-12(10-6-2)16(14-7-3)15-8-4/h12-13,16H,5-11H2,1-4H3. The first-order valence-electron chi connectivity index (χ1n) is 6.76. The summed E-state index contributed by atoms with van der Waals surface area (Å²) in [4.78, 5) is 0. The Morgan fingerprint density at radius 1 is 1.00 bits per heavy atom. The van der Waals surface area contributed by atoms with Gasteiger partial charge in [-0.3, -0.25) is 0 Å². The van der Waals surface area contributed by atoms with Crippen LogP contribution in [0.3, 0.4) is 0 Å². The molecular weight excluding hydrogens is 218 g/mol. The Labute approximate surface area is 103 Å². The van der Waals surface area contributed by atoms with Gasteiger partial charge in [0.15, 0.2) is 0 Å². The first-order valence-corrected chi connectivity index (χ1v) is 8.37. The zero-order valence-electron chi connectivity index (χ0n) is 11.4. The summed E-state index contributed by atoms with van der Waals surface area (Å²) >= 11 is 0. The van der Waals surface area contributed by atoms with Crippen molar-refractivity contribution in [3.8, 4) is 0 Å². The van der Waals surface area contributed by atoms with Crippen molar-refractivity contribution in [1.29, 1.82) is 0 Å². The fourth-order valence-electron chi connectivity index (χ4n) is 1.72. The summed E-state index contributed by atoms with van der Waals surface area (Å²) in [5, 5.41) is 3.60.